The molecule has 2 amide bonds. The van der Waals surface area contributed by atoms with Crippen LogP contribution in [0.2, 0.25) is 0 Å². The Labute approximate surface area is 296 Å². The van der Waals surface area contributed by atoms with E-state index >= 15 is 0 Å². The van der Waals surface area contributed by atoms with Crippen molar-refractivity contribution in [2.24, 2.45) is 0 Å². The van der Waals surface area contributed by atoms with E-state index in [1.807, 2.05) is 42.5 Å². The minimum absolute atomic E-state index is 0.0501. The van der Waals surface area contributed by atoms with E-state index < -0.39 is 0 Å². The summed E-state index contributed by atoms with van der Waals surface area (Å²) in [6, 6.07) is 29.6. The van der Waals surface area contributed by atoms with Crippen molar-refractivity contribution in [1.82, 2.24) is 10.2 Å². The van der Waals surface area contributed by atoms with Crippen LogP contribution in [-0.2, 0) is 42.1 Å². The van der Waals surface area contributed by atoms with Gasteiger partial charge in [0.25, 0.3) is 0 Å². The number of amides is 2. The summed E-state index contributed by atoms with van der Waals surface area (Å²) in [4.78, 5) is 28.1. The van der Waals surface area contributed by atoms with Crippen molar-refractivity contribution in [3.8, 4) is 23.0 Å². The van der Waals surface area contributed by atoms with Crippen LogP contribution in [0.15, 0.2) is 91.0 Å². The predicted octanol–water partition coefficient (Wildman–Crippen LogP) is 7.57. The van der Waals surface area contributed by atoms with Gasteiger partial charge in [-0.25, -0.2) is 0 Å². The minimum atomic E-state index is -0.0796. The van der Waals surface area contributed by atoms with Gasteiger partial charge in [0.1, 0.15) is 13.2 Å². The van der Waals surface area contributed by atoms with Crippen LogP contribution in [0.1, 0.15) is 73.3 Å². The summed E-state index contributed by atoms with van der Waals surface area (Å²) < 4.78 is 18.0. The number of carbonyl (C=O) groups excluding carboxylic acids is 2. The van der Waals surface area contributed by atoms with Crippen LogP contribution in [0.3, 0.4) is 0 Å². The number of nitrogens with zero attached hydrogens (tertiary/aromatic N) is 1. The maximum absolute atomic E-state index is 13.5. The Balaban J connectivity index is 1.14. The number of nitrogens with one attached hydrogen (secondary N) is 1. The second-order valence-electron chi connectivity index (χ2n) is 12.9. The molecule has 0 heterocycles. The highest BCUT2D eigenvalue weighted by Gasteiger charge is 2.30. The quantitative estimate of drug-likeness (QED) is 0.105. The fourth-order valence-corrected chi connectivity index (χ4v) is 6.56. The summed E-state index contributed by atoms with van der Waals surface area (Å²) in [5.41, 5.74) is 5.37. The number of aromatic hydroxyl groups is 1. The summed E-state index contributed by atoms with van der Waals surface area (Å²) in [5, 5.41) is 12.7. The predicted molar refractivity (Wildman–Crippen MR) is 196 cm³/mol. The molecule has 4 aromatic rings. The molecule has 0 saturated heterocycles. The fourth-order valence-electron chi connectivity index (χ4n) is 6.56. The van der Waals surface area contributed by atoms with Gasteiger partial charge in [0.15, 0.2) is 23.0 Å². The van der Waals surface area contributed by atoms with Gasteiger partial charge in [-0.05, 0) is 79.0 Å². The average Bonchev–Trinajstić information content (AvgIpc) is 3.14. The lowest BCUT2D eigenvalue weighted by molar-refractivity contribution is -0.134. The molecule has 0 unspecified atom stereocenters. The maximum Gasteiger partial charge on any atom is 0.224 e. The molecule has 1 aliphatic rings. The number of benzene rings is 4. The first-order valence-electron chi connectivity index (χ1n) is 17.8. The summed E-state index contributed by atoms with van der Waals surface area (Å²) >= 11 is 0. The molecule has 8 nitrogen and oxygen atoms in total. The Morgan fingerprint density at radius 2 is 1.56 bits per heavy atom. The Bertz CT molecular complexity index is 1680. The van der Waals surface area contributed by atoms with Gasteiger partial charge >= 0.3 is 0 Å². The maximum atomic E-state index is 13.5. The second-order valence-corrected chi connectivity index (χ2v) is 12.9. The zero-order valence-corrected chi connectivity index (χ0v) is 29.4. The van der Waals surface area contributed by atoms with Crippen LogP contribution >= 0.6 is 0 Å². The summed E-state index contributed by atoms with van der Waals surface area (Å²) in [5.74, 6) is 2.08. The van der Waals surface area contributed by atoms with Gasteiger partial charge in [-0.3, -0.25) is 9.59 Å². The molecule has 1 atom stereocenters. The minimum Gasteiger partial charge on any atom is -0.504 e. The zero-order chi connectivity index (χ0) is 35.1. The number of hydrogen-bond donors (Lipinski definition) is 2. The molecule has 0 bridgehead atoms. The lowest BCUT2D eigenvalue weighted by Crippen LogP contribution is -2.43. The van der Waals surface area contributed by atoms with Crippen molar-refractivity contribution in [3.63, 3.8) is 0 Å². The van der Waals surface area contributed by atoms with Crippen LogP contribution in [0.4, 0.5) is 0 Å². The monoisotopic (exact) mass is 678 g/mol. The molecule has 0 fully saturated rings. The number of unbranched alkanes of at least 4 members (excludes halogenated alkanes) is 2. The summed E-state index contributed by atoms with van der Waals surface area (Å²) in [7, 11) is 1.48. The van der Waals surface area contributed by atoms with Gasteiger partial charge in [-0.15, -0.1) is 0 Å². The van der Waals surface area contributed by atoms with Crippen LogP contribution in [0, 0.1) is 0 Å². The largest absolute Gasteiger partial charge is 0.504 e. The van der Waals surface area contributed by atoms with Crippen molar-refractivity contribution in [3.05, 3.63) is 119 Å². The van der Waals surface area contributed by atoms with Crippen LogP contribution in [0.5, 0.6) is 23.0 Å². The van der Waals surface area contributed by atoms with Crippen molar-refractivity contribution in [2.45, 2.75) is 84.0 Å². The highest BCUT2D eigenvalue weighted by molar-refractivity contribution is 5.79. The number of phenolic OH excluding ortho intramolecular Hbond substituents is 1. The highest BCUT2D eigenvalue weighted by atomic mass is 16.5. The number of carbonyl (C=O) groups is 2. The van der Waals surface area contributed by atoms with E-state index in [9.17, 15) is 14.7 Å². The molecule has 0 saturated carbocycles. The third-order valence-electron chi connectivity index (χ3n) is 9.19. The Morgan fingerprint density at radius 3 is 2.26 bits per heavy atom. The molecule has 264 valence electrons. The van der Waals surface area contributed by atoms with Crippen LogP contribution in [-0.4, -0.2) is 48.1 Å². The first-order valence-corrected chi connectivity index (χ1v) is 17.8. The van der Waals surface area contributed by atoms with E-state index in [4.69, 9.17) is 14.2 Å². The standard InChI is InChI=1S/C42H50N2O6/c1-3-25-44(41(47)17-11-6-12-24-43-40(46)27-33-18-22-37(45)39(26-33)48-2)35-20-21-36-34(28-35)19-23-38(49-29-31-13-7-4-8-14-31)42(36)50-30-32-15-9-5-10-16-32/h4-5,7-10,13-16,18-19,22-23,26,35,45H,3,6,11-12,17,20-21,24-25,27-30H2,1-2H3,(H,43,46)/t35-/m0/s1. The molecule has 0 aliphatic heterocycles. The molecule has 5 rings (SSSR count). The smallest absolute Gasteiger partial charge is 0.224 e. The van der Waals surface area contributed by atoms with Gasteiger partial charge in [-0.1, -0.05) is 86.1 Å². The second kappa shape index (κ2) is 18.7. The zero-order valence-electron chi connectivity index (χ0n) is 29.4. The first kappa shape index (κ1) is 36.3. The van der Waals surface area contributed by atoms with Crippen LogP contribution in [0.25, 0.3) is 0 Å². The van der Waals surface area contributed by atoms with E-state index in [1.54, 1.807) is 12.1 Å². The molecule has 4 aromatic carbocycles. The van der Waals surface area contributed by atoms with E-state index in [2.05, 4.69) is 47.5 Å². The third-order valence-corrected chi connectivity index (χ3v) is 9.19. The van der Waals surface area contributed by atoms with E-state index in [0.29, 0.717) is 31.9 Å². The first-order chi connectivity index (χ1) is 24.4. The van der Waals surface area contributed by atoms with Gasteiger partial charge in [0, 0.05) is 31.1 Å². The highest BCUT2D eigenvalue weighted by Crippen LogP contribution is 2.40. The number of fused-ring (bicyclic) bond motifs is 1. The van der Waals surface area contributed by atoms with Crippen molar-refractivity contribution in [2.75, 3.05) is 20.2 Å². The van der Waals surface area contributed by atoms with Crippen molar-refractivity contribution >= 4 is 11.8 Å². The van der Waals surface area contributed by atoms with Crippen LogP contribution < -0.4 is 19.5 Å². The van der Waals surface area contributed by atoms with E-state index in [-0.39, 0.29) is 30.0 Å². The Morgan fingerprint density at radius 1 is 0.840 bits per heavy atom. The van der Waals surface area contributed by atoms with Gasteiger partial charge in [0.05, 0.1) is 13.5 Å². The number of rotatable bonds is 18. The average molecular weight is 679 g/mol. The van der Waals surface area contributed by atoms with Crippen molar-refractivity contribution < 1.29 is 28.9 Å². The molecule has 1 aliphatic carbocycles. The van der Waals surface area contributed by atoms with Gasteiger partial charge in [0.2, 0.25) is 11.8 Å². The SMILES string of the molecule is CCCN(C(=O)CCCCCNC(=O)Cc1ccc(O)c(OC)c1)[C@H]1CCc2c(ccc(OCc3ccccc3)c2OCc2ccccc2)C1. The lowest BCUT2D eigenvalue weighted by Gasteiger charge is -2.36. The molecule has 0 radical (unpaired) electrons. The molecule has 0 spiro atoms. The van der Waals surface area contributed by atoms with Gasteiger partial charge in [-0.2, -0.15) is 0 Å². The number of phenols is 1. The molecule has 8 heteroatoms. The molecule has 0 aromatic heterocycles. The van der Waals surface area contributed by atoms with Gasteiger partial charge < -0.3 is 29.5 Å². The van der Waals surface area contributed by atoms with Crippen molar-refractivity contribution in [1.29, 1.82) is 0 Å². The lowest BCUT2D eigenvalue weighted by atomic mass is 9.86. The van der Waals surface area contributed by atoms with E-state index in [1.165, 1.54) is 24.3 Å². The molecule has 50 heavy (non-hydrogen) atoms. The molecular weight excluding hydrogens is 628 g/mol. The topological polar surface area (TPSA) is 97.3 Å². The molecular formula is C42H50N2O6. The Kier molecular flexibility index (Phi) is 13.6. The number of hydrogen-bond acceptors (Lipinski definition) is 6. The summed E-state index contributed by atoms with van der Waals surface area (Å²) in [6.07, 6.45) is 6.57. The van der Waals surface area contributed by atoms with E-state index in [0.717, 1.165) is 79.7 Å². The normalized spacial score (nSPS) is 13.6. The summed E-state index contributed by atoms with van der Waals surface area (Å²) in [6.45, 7) is 4.35. The number of methoxy groups -OCH3 is 1. The Hall–Kier alpha value is -4.98. The third kappa shape index (κ3) is 10.3. The number of ether oxygens (including phenoxy) is 3. The molecule has 2 N–H and O–H groups in total. The fraction of sp³-hybridized carbons (Fsp3) is 0.381.